The molecule has 2 saturated heterocycles. The Kier molecular flexibility index (Phi) is 2.91. The average Bonchev–Trinajstić information content (AvgIpc) is 3.03. The summed E-state index contributed by atoms with van der Waals surface area (Å²) in [5.41, 5.74) is 0.132. The van der Waals surface area contributed by atoms with Crippen LogP contribution in [-0.4, -0.2) is 43.4 Å². The topological polar surface area (TPSA) is 92.5 Å². The van der Waals surface area contributed by atoms with Crippen molar-refractivity contribution < 1.29 is 17.7 Å². The number of amides is 1. The van der Waals surface area contributed by atoms with Crippen molar-refractivity contribution in [1.82, 2.24) is 14.8 Å². The van der Waals surface area contributed by atoms with Gasteiger partial charge in [0.05, 0.1) is 0 Å². The lowest BCUT2D eigenvalue weighted by Gasteiger charge is -2.21. The van der Waals surface area contributed by atoms with Crippen LogP contribution in [0.25, 0.3) is 0 Å². The Balaban J connectivity index is 1.89. The van der Waals surface area contributed by atoms with Crippen LogP contribution in [-0.2, 0) is 14.8 Å². The minimum absolute atomic E-state index is 0.00147. The van der Waals surface area contributed by atoms with Gasteiger partial charge in [-0.15, -0.1) is 0 Å². The fraction of sp³-hybridized carbons (Fsp3) is 0.667. The molecular formula is C12H17N3O4S. The van der Waals surface area contributed by atoms with Gasteiger partial charge in [0.15, 0.2) is 5.76 Å². The van der Waals surface area contributed by atoms with Crippen LogP contribution in [0.5, 0.6) is 0 Å². The van der Waals surface area contributed by atoms with Gasteiger partial charge in [0.25, 0.3) is 0 Å². The number of hydrogen-bond acceptors (Lipinski definition) is 5. The lowest BCUT2D eigenvalue weighted by molar-refractivity contribution is -0.119. The predicted molar refractivity (Wildman–Crippen MR) is 69.4 cm³/mol. The highest BCUT2D eigenvalue weighted by atomic mass is 32.2. The number of aryl methyl sites for hydroxylation is 2. The lowest BCUT2D eigenvalue weighted by atomic mass is 9.86. The van der Waals surface area contributed by atoms with Gasteiger partial charge in [-0.3, -0.25) is 4.79 Å². The normalized spacial score (nSPS) is 27.4. The lowest BCUT2D eigenvalue weighted by Crippen LogP contribution is -2.33. The van der Waals surface area contributed by atoms with E-state index in [1.807, 2.05) is 0 Å². The SMILES string of the molecule is Cc1noc(C)c1S(=O)(=O)N1CCC2(CNC(=O)C2)C1. The molecule has 20 heavy (non-hydrogen) atoms. The Morgan fingerprint density at radius 1 is 1.40 bits per heavy atom. The number of aromatic nitrogens is 1. The van der Waals surface area contributed by atoms with Gasteiger partial charge in [-0.2, -0.15) is 4.31 Å². The Morgan fingerprint density at radius 2 is 2.15 bits per heavy atom. The van der Waals surface area contributed by atoms with E-state index in [9.17, 15) is 13.2 Å². The summed E-state index contributed by atoms with van der Waals surface area (Å²) in [4.78, 5) is 11.6. The number of sulfonamides is 1. The maximum Gasteiger partial charge on any atom is 0.248 e. The Hall–Kier alpha value is -1.41. The van der Waals surface area contributed by atoms with E-state index in [0.29, 0.717) is 43.9 Å². The fourth-order valence-corrected chi connectivity index (χ4v) is 4.96. The molecule has 1 spiro atoms. The summed E-state index contributed by atoms with van der Waals surface area (Å²) in [6.45, 7) is 4.58. The summed E-state index contributed by atoms with van der Waals surface area (Å²) >= 11 is 0. The second-order valence-corrected chi connectivity index (χ2v) is 7.57. The van der Waals surface area contributed by atoms with E-state index in [0.717, 1.165) is 0 Å². The van der Waals surface area contributed by atoms with Crippen molar-refractivity contribution in [3.63, 3.8) is 0 Å². The summed E-state index contributed by atoms with van der Waals surface area (Å²) in [6.07, 6.45) is 1.11. The first-order chi connectivity index (χ1) is 9.34. The highest BCUT2D eigenvalue weighted by Gasteiger charge is 2.48. The van der Waals surface area contributed by atoms with Gasteiger partial charge in [0, 0.05) is 31.5 Å². The summed E-state index contributed by atoms with van der Waals surface area (Å²) < 4.78 is 31.8. The van der Waals surface area contributed by atoms with Crippen LogP contribution in [0.15, 0.2) is 9.42 Å². The molecule has 0 bridgehead atoms. The summed E-state index contributed by atoms with van der Waals surface area (Å²) in [5.74, 6) is 0.311. The molecule has 1 aromatic rings. The molecule has 3 heterocycles. The number of rotatable bonds is 2. The zero-order valence-electron chi connectivity index (χ0n) is 11.5. The van der Waals surface area contributed by atoms with E-state index in [2.05, 4.69) is 10.5 Å². The Labute approximate surface area is 117 Å². The third kappa shape index (κ3) is 1.94. The Morgan fingerprint density at radius 3 is 2.70 bits per heavy atom. The highest BCUT2D eigenvalue weighted by molar-refractivity contribution is 7.89. The molecular weight excluding hydrogens is 282 g/mol. The first-order valence-corrected chi connectivity index (χ1v) is 7.98. The molecule has 8 heteroatoms. The Bertz CT molecular complexity index is 647. The number of nitrogens with one attached hydrogen (secondary N) is 1. The van der Waals surface area contributed by atoms with E-state index in [4.69, 9.17) is 4.52 Å². The van der Waals surface area contributed by atoms with Gasteiger partial charge in [-0.25, -0.2) is 8.42 Å². The van der Waals surface area contributed by atoms with Gasteiger partial charge in [-0.1, -0.05) is 5.16 Å². The zero-order valence-corrected chi connectivity index (χ0v) is 12.3. The quantitative estimate of drug-likeness (QED) is 0.841. The van der Waals surface area contributed by atoms with Crippen molar-refractivity contribution >= 4 is 15.9 Å². The second kappa shape index (κ2) is 4.29. The fourth-order valence-electron chi connectivity index (χ4n) is 3.11. The molecule has 0 aliphatic carbocycles. The molecule has 1 atom stereocenters. The van der Waals surface area contributed by atoms with Gasteiger partial charge in [0.2, 0.25) is 15.9 Å². The van der Waals surface area contributed by atoms with Crippen molar-refractivity contribution in [3.05, 3.63) is 11.5 Å². The largest absolute Gasteiger partial charge is 0.360 e. The van der Waals surface area contributed by atoms with Crippen LogP contribution in [0.4, 0.5) is 0 Å². The smallest absolute Gasteiger partial charge is 0.248 e. The third-order valence-electron chi connectivity index (χ3n) is 4.17. The first-order valence-electron chi connectivity index (χ1n) is 6.54. The molecule has 1 amide bonds. The molecule has 0 saturated carbocycles. The molecule has 110 valence electrons. The monoisotopic (exact) mass is 299 g/mol. The minimum atomic E-state index is -3.60. The van der Waals surface area contributed by atoms with E-state index < -0.39 is 10.0 Å². The molecule has 1 aromatic heterocycles. The van der Waals surface area contributed by atoms with Crippen LogP contribution in [0.3, 0.4) is 0 Å². The van der Waals surface area contributed by atoms with Crippen LogP contribution in [0, 0.1) is 19.3 Å². The second-order valence-electron chi connectivity index (χ2n) is 5.70. The zero-order chi connectivity index (χ0) is 14.5. The van der Waals surface area contributed by atoms with Gasteiger partial charge in [-0.05, 0) is 20.3 Å². The molecule has 7 nitrogen and oxygen atoms in total. The number of hydrogen-bond donors (Lipinski definition) is 1. The number of carbonyl (C=O) groups excluding carboxylic acids is 1. The summed E-state index contributed by atoms with van der Waals surface area (Å²) in [6, 6.07) is 0. The maximum absolute atomic E-state index is 12.7. The highest BCUT2D eigenvalue weighted by Crippen LogP contribution is 2.39. The van der Waals surface area contributed by atoms with E-state index in [1.165, 1.54) is 4.31 Å². The van der Waals surface area contributed by atoms with Crippen LogP contribution < -0.4 is 5.32 Å². The summed E-state index contributed by atoms with van der Waals surface area (Å²) in [5, 5.41) is 6.50. The van der Waals surface area contributed by atoms with Crippen LogP contribution in [0.2, 0.25) is 0 Å². The van der Waals surface area contributed by atoms with Gasteiger partial charge in [0.1, 0.15) is 10.6 Å². The van der Waals surface area contributed by atoms with Gasteiger partial charge >= 0.3 is 0 Å². The molecule has 2 aliphatic rings. The van der Waals surface area contributed by atoms with Crippen molar-refractivity contribution in [2.24, 2.45) is 5.41 Å². The molecule has 2 aliphatic heterocycles. The number of nitrogens with zero attached hydrogens (tertiary/aromatic N) is 2. The van der Waals surface area contributed by atoms with Crippen molar-refractivity contribution in [2.75, 3.05) is 19.6 Å². The van der Waals surface area contributed by atoms with E-state index in [1.54, 1.807) is 13.8 Å². The molecule has 3 rings (SSSR count). The molecule has 0 aromatic carbocycles. The summed E-state index contributed by atoms with van der Waals surface area (Å²) in [7, 11) is -3.60. The van der Waals surface area contributed by atoms with E-state index >= 15 is 0 Å². The van der Waals surface area contributed by atoms with Gasteiger partial charge < -0.3 is 9.84 Å². The third-order valence-corrected chi connectivity index (χ3v) is 6.26. The average molecular weight is 299 g/mol. The van der Waals surface area contributed by atoms with Crippen molar-refractivity contribution in [1.29, 1.82) is 0 Å². The van der Waals surface area contributed by atoms with Crippen LogP contribution >= 0.6 is 0 Å². The molecule has 0 radical (unpaired) electrons. The standard InChI is InChI=1S/C12H17N3O4S/c1-8-11(9(2)19-14-8)20(17,18)15-4-3-12(7-15)5-10(16)13-6-12/h3-7H2,1-2H3,(H,13,16). The molecule has 1 unspecified atom stereocenters. The first kappa shape index (κ1) is 13.6. The van der Waals surface area contributed by atoms with Crippen molar-refractivity contribution in [2.45, 2.75) is 31.6 Å². The number of carbonyl (C=O) groups is 1. The van der Waals surface area contributed by atoms with Crippen LogP contribution in [0.1, 0.15) is 24.3 Å². The molecule has 2 fully saturated rings. The van der Waals surface area contributed by atoms with E-state index in [-0.39, 0.29) is 16.2 Å². The predicted octanol–water partition coefficient (Wildman–Crippen LogP) is 0.192. The molecule has 1 N–H and O–H groups in total. The van der Waals surface area contributed by atoms with Crippen molar-refractivity contribution in [3.8, 4) is 0 Å². The minimum Gasteiger partial charge on any atom is -0.360 e. The maximum atomic E-state index is 12.7.